The second kappa shape index (κ2) is 9.18. The number of aromatic nitrogens is 1. The van der Waals surface area contributed by atoms with Crippen molar-refractivity contribution in [2.75, 3.05) is 11.5 Å². The molecule has 4 aromatic rings. The molecule has 0 spiro atoms. The lowest BCUT2D eigenvalue weighted by Gasteiger charge is -2.23. The lowest BCUT2D eigenvalue weighted by molar-refractivity contribution is -0.132. The van der Waals surface area contributed by atoms with Gasteiger partial charge in [0, 0.05) is 12.0 Å². The standard InChI is InChI=1S/C29H24N2O6S/c1-3-36-20-8-9-21-23(14-20)38-29(30-21)31-25(16-5-4-6-19(32)13-16)24(27(34)28(31)35)26(33)17-7-10-22-18(12-17)11-15(2)37-22/h4-10,12-15,25,32-33H,3,11H2,1-2H3/b26-24+/t15-,25-/m0/s1. The summed E-state index contributed by atoms with van der Waals surface area (Å²) in [5.74, 6) is -0.530. The van der Waals surface area contributed by atoms with Gasteiger partial charge in [-0.2, -0.15) is 0 Å². The minimum atomic E-state index is -0.988. The summed E-state index contributed by atoms with van der Waals surface area (Å²) in [6.45, 7) is 4.37. The summed E-state index contributed by atoms with van der Waals surface area (Å²) in [5.41, 5.74) is 2.38. The fourth-order valence-electron chi connectivity index (χ4n) is 5.02. The van der Waals surface area contributed by atoms with E-state index < -0.39 is 17.7 Å². The van der Waals surface area contributed by atoms with E-state index >= 15 is 0 Å². The quantitative estimate of drug-likeness (QED) is 0.204. The zero-order valence-corrected chi connectivity index (χ0v) is 21.5. The van der Waals surface area contributed by atoms with Crippen LogP contribution in [0.4, 0.5) is 5.13 Å². The maximum Gasteiger partial charge on any atom is 0.301 e. The minimum Gasteiger partial charge on any atom is -0.508 e. The molecule has 2 aliphatic rings. The molecule has 2 aliphatic heterocycles. The Labute approximate surface area is 222 Å². The maximum absolute atomic E-state index is 13.5. The van der Waals surface area contributed by atoms with Crippen molar-refractivity contribution in [3.05, 3.63) is 82.9 Å². The molecule has 0 aliphatic carbocycles. The number of thiazole rings is 1. The number of hydrogen-bond acceptors (Lipinski definition) is 8. The zero-order chi connectivity index (χ0) is 26.6. The molecule has 0 unspecified atom stereocenters. The third-order valence-corrected chi connectivity index (χ3v) is 7.68. The molecule has 6 rings (SSSR count). The van der Waals surface area contributed by atoms with Gasteiger partial charge in [-0.15, -0.1) is 0 Å². The van der Waals surface area contributed by atoms with E-state index in [0.717, 1.165) is 16.0 Å². The first-order chi connectivity index (χ1) is 18.3. The summed E-state index contributed by atoms with van der Waals surface area (Å²) in [5, 5.41) is 22.0. The van der Waals surface area contributed by atoms with Gasteiger partial charge in [-0.25, -0.2) is 4.98 Å². The largest absolute Gasteiger partial charge is 0.508 e. The molecule has 8 nitrogen and oxygen atoms in total. The van der Waals surface area contributed by atoms with E-state index in [2.05, 4.69) is 4.98 Å². The number of phenolic OH excluding ortho intramolecular Hbond substituents is 1. The van der Waals surface area contributed by atoms with Crippen molar-refractivity contribution in [2.45, 2.75) is 32.4 Å². The van der Waals surface area contributed by atoms with Crippen molar-refractivity contribution >= 4 is 44.1 Å². The molecular weight excluding hydrogens is 504 g/mol. The Balaban J connectivity index is 1.51. The van der Waals surface area contributed by atoms with Crippen LogP contribution in [-0.4, -0.2) is 39.6 Å². The Morgan fingerprint density at radius 3 is 2.79 bits per heavy atom. The highest BCUT2D eigenvalue weighted by molar-refractivity contribution is 7.22. The molecule has 0 saturated carbocycles. The fraction of sp³-hybridized carbons (Fsp3) is 0.207. The molecule has 3 heterocycles. The van der Waals surface area contributed by atoms with Crippen LogP contribution in [0.25, 0.3) is 16.0 Å². The molecular formula is C29H24N2O6S. The highest BCUT2D eigenvalue weighted by Crippen LogP contribution is 2.45. The number of anilines is 1. The number of Topliss-reactive ketones (excluding diaryl/α,β-unsaturated/α-hetero) is 1. The third kappa shape index (κ3) is 3.95. The number of ether oxygens (including phenoxy) is 2. The average molecular weight is 529 g/mol. The van der Waals surface area contributed by atoms with Crippen LogP contribution in [0.15, 0.2) is 66.2 Å². The summed E-state index contributed by atoms with van der Waals surface area (Å²) >= 11 is 1.25. The van der Waals surface area contributed by atoms with Gasteiger partial charge in [0.05, 0.1) is 28.4 Å². The van der Waals surface area contributed by atoms with Gasteiger partial charge in [-0.05, 0) is 73.5 Å². The number of fused-ring (bicyclic) bond motifs is 2. The number of aliphatic hydroxyl groups is 1. The predicted octanol–water partition coefficient (Wildman–Crippen LogP) is 5.35. The zero-order valence-electron chi connectivity index (χ0n) is 20.7. The molecule has 0 radical (unpaired) electrons. The van der Waals surface area contributed by atoms with Crippen molar-refractivity contribution in [1.29, 1.82) is 0 Å². The average Bonchev–Trinajstić information content (AvgIpc) is 3.56. The number of carbonyl (C=O) groups is 2. The predicted molar refractivity (Wildman–Crippen MR) is 144 cm³/mol. The Kier molecular flexibility index (Phi) is 5.80. The Morgan fingerprint density at radius 2 is 2.00 bits per heavy atom. The first-order valence-corrected chi connectivity index (χ1v) is 13.1. The number of hydrogen-bond donors (Lipinski definition) is 2. The molecule has 1 amide bonds. The van der Waals surface area contributed by atoms with Crippen molar-refractivity contribution < 1.29 is 29.3 Å². The van der Waals surface area contributed by atoms with Crippen LogP contribution >= 0.6 is 11.3 Å². The number of nitrogens with zero attached hydrogens (tertiary/aromatic N) is 2. The Bertz CT molecular complexity index is 1640. The lowest BCUT2D eigenvalue weighted by atomic mass is 9.94. The van der Waals surface area contributed by atoms with Gasteiger partial charge in [0.25, 0.3) is 5.78 Å². The maximum atomic E-state index is 13.5. The molecule has 192 valence electrons. The van der Waals surface area contributed by atoms with Crippen LogP contribution in [0.5, 0.6) is 17.2 Å². The number of ketones is 1. The van der Waals surface area contributed by atoms with E-state index in [4.69, 9.17) is 9.47 Å². The number of aromatic hydroxyl groups is 1. The summed E-state index contributed by atoms with van der Waals surface area (Å²) in [7, 11) is 0. The van der Waals surface area contributed by atoms with Gasteiger partial charge < -0.3 is 19.7 Å². The number of carbonyl (C=O) groups excluding carboxylic acids is 2. The molecule has 38 heavy (non-hydrogen) atoms. The number of phenols is 1. The van der Waals surface area contributed by atoms with E-state index in [0.29, 0.717) is 40.6 Å². The molecule has 9 heteroatoms. The van der Waals surface area contributed by atoms with Crippen LogP contribution in [0.3, 0.4) is 0 Å². The first-order valence-electron chi connectivity index (χ1n) is 12.3. The summed E-state index contributed by atoms with van der Waals surface area (Å²) in [6.07, 6.45) is 0.693. The number of benzene rings is 3. The molecule has 1 saturated heterocycles. The van der Waals surface area contributed by atoms with E-state index in [9.17, 15) is 19.8 Å². The molecule has 1 aromatic heterocycles. The number of aliphatic hydroxyl groups excluding tert-OH is 1. The van der Waals surface area contributed by atoms with E-state index in [1.165, 1.54) is 28.4 Å². The van der Waals surface area contributed by atoms with Gasteiger partial charge in [-0.3, -0.25) is 14.5 Å². The summed E-state index contributed by atoms with van der Waals surface area (Å²) < 4.78 is 12.1. The second-order valence-electron chi connectivity index (χ2n) is 9.28. The Morgan fingerprint density at radius 1 is 1.16 bits per heavy atom. The monoisotopic (exact) mass is 528 g/mol. The van der Waals surface area contributed by atoms with Gasteiger partial charge in [0.2, 0.25) is 0 Å². The van der Waals surface area contributed by atoms with Crippen LogP contribution in [0, 0.1) is 0 Å². The van der Waals surface area contributed by atoms with Crippen LogP contribution in [0.2, 0.25) is 0 Å². The molecule has 3 aromatic carbocycles. The molecule has 0 bridgehead atoms. The first kappa shape index (κ1) is 24.0. The van der Waals surface area contributed by atoms with Crippen LogP contribution in [-0.2, 0) is 16.0 Å². The van der Waals surface area contributed by atoms with Crippen LogP contribution < -0.4 is 14.4 Å². The topological polar surface area (TPSA) is 109 Å². The van der Waals surface area contributed by atoms with Gasteiger partial charge in [0.15, 0.2) is 5.13 Å². The van der Waals surface area contributed by atoms with E-state index in [1.54, 1.807) is 42.5 Å². The van der Waals surface area contributed by atoms with Gasteiger partial charge >= 0.3 is 5.91 Å². The summed E-state index contributed by atoms with van der Waals surface area (Å²) in [6, 6.07) is 16.0. The SMILES string of the molecule is CCOc1ccc2nc(N3C(=O)C(=O)/C(=C(/O)c4ccc5c(c4)C[C@H](C)O5)[C@@H]3c3cccc(O)c3)sc2c1. The molecule has 2 atom stereocenters. The van der Waals surface area contributed by atoms with E-state index in [1.807, 2.05) is 19.9 Å². The van der Waals surface area contributed by atoms with Crippen molar-refractivity contribution in [3.8, 4) is 17.2 Å². The van der Waals surface area contributed by atoms with E-state index in [-0.39, 0.29) is 23.2 Å². The van der Waals surface area contributed by atoms with Crippen LogP contribution in [0.1, 0.15) is 36.6 Å². The number of rotatable bonds is 5. The minimum absolute atomic E-state index is 0.0162. The molecule has 1 fully saturated rings. The van der Waals surface area contributed by atoms with Crippen molar-refractivity contribution in [2.24, 2.45) is 0 Å². The highest BCUT2D eigenvalue weighted by Gasteiger charge is 2.48. The fourth-order valence-corrected chi connectivity index (χ4v) is 6.04. The number of amides is 1. The summed E-state index contributed by atoms with van der Waals surface area (Å²) in [4.78, 5) is 32.9. The highest BCUT2D eigenvalue weighted by atomic mass is 32.1. The smallest absolute Gasteiger partial charge is 0.301 e. The Hall–Kier alpha value is -4.37. The second-order valence-corrected chi connectivity index (χ2v) is 10.3. The normalized spacial score (nSPS) is 20.1. The molecule has 2 N–H and O–H groups in total. The third-order valence-electron chi connectivity index (χ3n) is 6.67. The van der Waals surface area contributed by atoms with Gasteiger partial charge in [-0.1, -0.05) is 23.5 Å². The van der Waals surface area contributed by atoms with Crippen molar-refractivity contribution in [1.82, 2.24) is 4.98 Å². The van der Waals surface area contributed by atoms with Crippen molar-refractivity contribution in [3.63, 3.8) is 0 Å². The van der Waals surface area contributed by atoms with Gasteiger partial charge in [0.1, 0.15) is 29.1 Å². The lowest BCUT2D eigenvalue weighted by Crippen LogP contribution is -2.29.